The van der Waals surface area contributed by atoms with Crippen LogP contribution in [0.5, 0.6) is 0 Å². The lowest BCUT2D eigenvalue weighted by molar-refractivity contribution is -0.114. The quantitative estimate of drug-likeness (QED) is 0.572. The Bertz CT molecular complexity index is 191. The zero-order chi connectivity index (χ0) is 7.40. The van der Waals surface area contributed by atoms with E-state index in [0.717, 1.165) is 18.4 Å². The van der Waals surface area contributed by atoms with E-state index in [1.54, 1.807) is 0 Å². The second kappa shape index (κ2) is 3.32. The van der Waals surface area contributed by atoms with Gasteiger partial charge in [-0.1, -0.05) is 18.2 Å². The second-order valence-corrected chi connectivity index (χ2v) is 2.27. The molecule has 0 unspecified atom stereocenters. The fraction of sp³-hybridized carbons (Fsp3) is 0.375. The van der Waals surface area contributed by atoms with Crippen molar-refractivity contribution >= 4 is 5.78 Å². The highest BCUT2D eigenvalue weighted by Crippen LogP contribution is 2.10. The molecule has 0 amide bonds. The Kier molecular flexibility index (Phi) is 2.40. The van der Waals surface area contributed by atoms with Crippen molar-refractivity contribution in [3.8, 4) is 0 Å². The molecule has 0 aromatic carbocycles. The monoisotopic (exact) mass is 137 g/mol. The number of carbonyl (C=O) groups excluding carboxylic acids is 1. The Morgan fingerprint density at radius 3 is 2.90 bits per heavy atom. The molecule has 1 aliphatic carbocycles. The van der Waals surface area contributed by atoms with E-state index >= 15 is 0 Å². The summed E-state index contributed by atoms with van der Waals surface area (Å²) in [6.45, 7) is 0.139. The summed E-state index contributed by atoms with van der Waals surface area (Å²) in [5, 5.41) is 0. The van der Waals surface area contributed by atoms with Crippen LogP contribution in [0.2, 0.25) is 0 Å². The van der Waals surface area contributed by atoms with Crippen molar-refractivity contribution in [2.45, 2.75) is 12.8 Å². The second-order valence-electron chi connectivity index (χ2n) is 2.27. The summed E-state index contributed by atoms with van der Waals surface area (Å²) in [6.07, 6.45) is 7.63. The van der Waals surface area contributed by atoms with Crippen molar-refractivity contribution in [2.75, 3.05) is 6.54 Å². The van der Waals surface area contributed by atoms with Gasteiger partial charge in [-0.15, -0.1) is 0 Å². The molecule has 54 valence electrons. The third kappa shape index (κ3) is 1.54. The Labute approximate surface area is 60.4 Å². The van der Waals surface area contributed by atoms with E-state index in [0.29, 0.717) is 0 Å². The van der Waals surface area contributed by atoms with E-state index in [-0.39, 0.29) is 12.3 Å². The van der Waals surface area contributed by atoms with Crippen molar-refractivity contribution < 1.29 is 4.79 Å². The molecular weight excluding hydrogens is 126 g/mol. The van der Waals surface area contributed by atoms with Gasteiger partial charge < -0.3 is 5.73 Å². The molecule has 1 rings (SSSR count). The summed E-state index contributed by atoms with van der Waals surface area (Å²) in [5.74, 6) is 0.0735. The van der Waals surface area contributed by atoms with Gasteiger partial charge in [0.15, 0.2) is 5.78 Å². The average Bonchev–Trinajstić information content (AvgIpc) is 2.05. The van der Waals surface area contributed by atoms with Crippen LogP contribution in [0.1, 0.15) is 12.8 Å². The van der Waals surface area contributed by atoms with E-state index in [1.807, 2.05) is 18.2 Å². The maximum absolute atomic E-state index is 10.9. The van der Waals surface area contributed by atoms with Gasteiger partial charge in [-0.2, -0.15) is 0 Å². The Balaban J connectivity index is 2.56. The summed E-state index contributed by atoms with van der Waals surface area (Å²) in [4.78, 5) is 10.9. The van der Waals surface area contributed by atoms with E-state index in [2.05, 4.69) is 0 Å². The van der Waals surface area contributed by atoms with Gasteiger partial charge in [0.25, 0.3) is 0 Å². The number of nitrogens with two attached hydrogens (primary N) is 1. The van der Waals surface area contributed by atoms with Gasteiger partial charge in [0.05, 0.1) is 6.54 Å². The molecule has 0 heterocycles. The number of hydrogen-bond donors (Lipinski definition) is 1. The fourth-order valence-electron chi connectivity index (χ4n) is 0.959. The van der Waals surface area contributed by atoms with Crippen molar-refractivity contribution in [1.29, 1.82) is 0 Å². The van der Waals surface area contributed by atoms with Crippen molar-refractivity contribution in [2.24, 2.45) is 5.73 Å². The first-order valence-electron chi connectivity index (χ1n) is 3.42. The summed E-state index contributed by atoms with van der Waals surface area (Å²) in [6, 6.07) is 0. The molecule has 0 bridgehead atoms. The van der Waals surface area contributed by atoms with Gasteiger partial charge in [-0.05, 0) is 18.4 Å². The molecule has 2 heteroatoms. The van der Waals surface area contributed by atoms with Crippen LogP contribution < -0.4 is 5.73 Å². The van der Waals surface area contributed by atoms with Gasteiger partial charge in [-0.25, -0.2) is 0 Å². The average molecular weight is 137 g/mol. The molecule has 0 radical (unpaired) electrons. The van der Waals surface area contributed by atoms with Crippen LogP contribution >= 0.6 is 0 Å². The zero-order valence-corrected chi connectivity index (χ0v) is 5.84. The molecule has 2 nitrogen and oxygen atoms in total. The Morgan fingerprint density at radius 1 is 1.60 bits per heavy atom. The molecule has 0 spiro atoms. The van der Waals surface area contributed by atoms with E-state index < -0.39 is 0 Å². The van der Waals surface area contributed by atoms with Crippen molar-refractivity contribution in [3.05, 3.63) is 23.8 Å². The standard InChI is InChI=1S/C8H11NO/c9-6-8(10)7-4-2-1-3-5-7/h1-2,5H,3-4,6,9H2. The Morgan fingerprint density at radius 2 is 2.40 bits per heavy atom. The third-order valence-electron chi connectivity index (χ3n) is 1.55. The van der Waals surface area contributed by atoms with Gasteiger partial charge in [-0.3, -0.25) is 4.79 Å². The fourth-order valence-corrected chi connectivity index (χ4v) is 0.959. The Hall–Kier alpha value is -0.890. The van der Waals surface area contributed by atoms with E-state index in [4.69, 9.17) is 5.73 Å². The van der Waals surface area contributed by atoms with Crippen LogP contribution in [0, 0.1) is 0 Å². The molecule has 0 aliphatic heterocycles. The van der Waals surface area contributed by atoms with Gasteiger partial charge in [0, 0.05) is 0 Å². The molecule has 0 saturated carbocycles. The first-order chi connectivity index (χ1) is 4.84. The summed E-state index contributed by atoms with van der Waals surface area (Å²) in [5.41, 5.74) is 6.05. The minimum atomic E-state index is 0.0735. The first kappa shape index (κ1) is 7.22. The third-order valence-corrected chi connectivity index (χ3v) is 1.55. The number of ketones is 1. The smallest absolute Gasteiger partial charge is 0.172 e. The van der Waals surface area contributed by atoms with Gasteiger partial charge in [0.1, 0.15) is 0 Å². The predicted molar refractivity (Wildman–Crippen MR) is 40.5 cm³/mol. The predicted octanol–water partition coefficient (Wildman–Crippen LogP) is 0.791. The zero-order valence-electron chi connectivity index (χ0n) is 5.84. The summed E-state index contributed by atoms with van der Waals surface area (Å²) in [7, 11) is 0. The van der Waals surface area contributed by atoms with Crippen LogP contribution in [-0.4, -0.2) is 12.3 Å². The lowest BCUT2D eigenvalue weighted by Gasteiger charge is -2.04. The number of rotatable bonds is 2. The highest BCUT2D eigenvalue weighted by atomic mass is 16.1. The molecule has 0 fully saturated rings. The number of hydrogen-bond acceptors (Lipinski definition) is 2. The molecule has 0 atom stereocenters. The van der Waals surface area contributed by atoms with Crippen LogP contribution in [0.15, 0.2) is 23.8 Å². The minimum absolute atomic E-state index is 0.0735. The van der Waals surface area contributed by atoms with E-state index in [9.17, 15) is 4.79 Å². The number of carbonyl (C=O) groups is 1. The first-order valence-corrected chi connectivity index (χ1v) is 3.42. The summed E-state index contributed by atoms with van der Waals surface area (Å²) < 4.78 is 0. The van der Waals surface area contributed by atoms with Crippen LogP contribution in [0.25, 0.3) is 0 Å². The lowest BCUT2D eigenvalue weighted by atomic mass is 10.0. The van der Waals surface area contributed by atoms with Crippen LogP contribution in [0.4, 0.5) is 0 Å². The van der Waals surface area contributed by atoms with Crippen LogP contribution in [-0.2, 0) is 4.79 Å². The maximum Gasteiger partial charge on any atom is 0.172 e. The topological polar surface area (TPSA) is 43.1 Å². The molecular formula is C8H11NO. The number of allylic oxidation sites excluding steroid dienone is 3. The molecule has 0 saturated heterocycles. The van der Waals surface area contributed by atoms with Crippen molar-refractivity contribution in [1.82, 2.24) is 0 Å². The lowest BCUT2D eigenvalue weighted by Crippen LogP contribution is -2.15. The molecule has 2 N–H and O–H groups in total. The highest BCUT2D eigenvalue weighted by Gasteiger charge is 2.05. The van der Waals surface area contributed by atoms with Gasteiger partial charge in [0.2, 0.25) is 0 Å². The van der Waals surface area contributed by atoms with E-state index in [1.165, 1.54) is 0 Å². The largest absolute Gasteiger partial charge is 0.324 e. The van der Waals surface area contributed by atoms with Crippen LogP contribution in [0.3, 0.4) is 0 Å². The van der Waals surface area contributed by atoms with Gasteiger partial charge >= 0.3 is 0 Å². The molecule has 1 aliphatic rings. The molecule has 10 heavy (non-hydrogen) atoms. The highest BCUT2D eigenvalue weighted by molar-refractivity contribution is 5.97. The SMILES string of the molecule is NCC(=O)C1=CCC=CC1. The normalized spacial score (nSPS) is 16.7. The molecule has 0 aromatic heterocycles. The van der Waals surface area contributed by atoms with Crippen molar-refractivity contribution in [3.63, 3.8) is 0 Å². The summed E-state index contributed by atoms with van der Waals surface area (Å²) >= 11 is 0. The number of Topliss-reactive ketones (excluding diaryl/α,β-unsaturated/α-hetero) is 1. The maximum atomic E-state index is 10.9. The molecule has 0 aromatic rings. The minimum Gasteiger partial charge on any atom is -0.324 e.